The van der Waals surface area contributed by atoms with Crippen molar-refractivity contribution in [1.29, 1.82) is 0 Å². The van der Waals surface area contributed by atoms with Crippen molar-refractivity contribution in [3.8, 4) is 11.4 Å². The Bertz CT molecular complexity index is 1330. The van der Waals surface area contributed by atoms with E-state index in [0.29, 0.717) is 45.5 Å². The van der Waals surface area contributed by atoms with Crippen LogP contribution in [0.4, 0.5) is 27.4 Å². The Labute approximate surface area is 218 Å². The topological polar surface area (TPSA) is 87.7 Å². The third kappa shape index (κ3) is 6.03. The molecule has 5 rings (SSSR count). The van der Waals surface area contributed by atoms with E-state index < -0.39 is 5.82 Å². The standard InChI is InChI=1S/C26H25ClFN7S/c27-20-8-4-5-9-24(20)36-35-23-11-10-18(14-21(23)28)32-22-12-13-29-15-19(22)25-30-16-31-26(34-25)33-17-6-2-1-3-7-17/h4-5,8-17,35H,1-3,6-7H2,(H,29,32)(H,30,31,33,34). The van der Waals surface area contributed by atoms with Crippen LogP contribution in [0, 0.1) is 5.82 Å². The number of pyridine rings is 1. The predicted molar refractivity (Wildman–Crippen MR) is 144 cm³/mol. The summed E-state index contributed by atoms with van der Waals surface area (Å²) >= 11 is 7.44. The number of nitrogens with one attached hydrogen (secondary N) is 3. The van der Waals surface area contributed by atoms with Gasteiger partial charge in [-0.1, -0.05) is 43.0 Å². The van der Waals surface area contributed by atoms with Gasteiger partial charge in [0.25, 0.3) is 0 Å². The molecular formula is C26H25ClFN7S. The fraction of sp³-hybridized carbons (Fsp3) is 0.231. The average Bonchev–Trinajstić information content (AvgIpc) is 2.90. The molecule has 0 amide bonds. The molecule has 0 aliphatic heterocycles. The fourth-order valence-electron chi connectivity index (χ4n) is 4.08. The Kier molecular flexibility index (Phi) is 7.78. The van der Waals surface area contributed by atoms with Gasteiger partial charge in [-0.25, -0.2) is 14.4 Å². The first-order valence-electron chi connectivity index (χ1n) is 11.8. The number of nitrogens with zero attached hydrogens (tertiary/aromatic N) is 4. The van der Waals surface area contributed by atoms with Crippen LogP contribution in [0.15, 0.2) is 72.1 Å². The molecule has 36 heavy (non-hydrogen) atoms. The van der Waals surface area contributed by atoms with E-state index in [9.17, 15) is 4.39 Å². The zero-order valence-corrected chi connectivity index (χ0v) is 21.0. The molecular weight excluding hydrogens is 497 g/mol. The Morgan fingerprint density at radius 3 is 2.67 bits per heavy atom. The molecule has 3 N–H and O–H groups in total. The molecule has 0 unspecified atom stereocenters. The molecule has 0 spiro atoms. The third-order valence-electron chi connectivity index (χ3n) is 5.93. The van der Waals surface area contributed by atoms with E-state index in [1.807, 2.05) is 24.3 Å². The highest BCUT2D eigenvalue weighted by molar-refractivity contribution is 8.00. The van der Waals surface area contributed by atoms with Crippen LogP contribution in [0.25, 0.3) is 11.4 Å². The third-order valence-corrected chi connectivity index (χ3v) is 7.27. The molecule has 184 valence electrons. The van der Waals surface area contributed by atoms with Gasteiger partial charge in [0.15, 0.2) is 5.82 Å². The van der Waals surface area contributed by atoms with Crippen LogP contribution in [0.2, 0.25) is 5.02 Å². The average molecular weight is 522 g/mol. The van der Waals surface area contributed by atoms with Crippen LogP contribution >= 0.6 is 23.5 Å². The van der Waals surface area contributed by atoms with E-state index in [1.54, 1.807) is 30.6 Å². The first kappa shape index (κ1) is 24.3. The SMILES string of the molecule is Fc1cc(Nc2ccncc2-c2ncnc(NC3CCCCC3)n2)ccc1NSc1ccccc1Cl. The van der Waals surface area contributed by atoms with E-state index in [-0.39, 0.29) is 0 Å². The lowest BCUT2D eigenvalue weighted by Gasteiger charge is -2.22. The molecule has 1 aliphatic rings. The molecule has 10 heteroatoms. The summed E-state index contributed by atoms with van der Waals surface area (Å²) in [6.07, 6.45) is 10.8. The van der Waals surface area contributed by atoms with Crippen LogP contribution < -0.4 is 15.4 Å². The van der Waals surface area contributed by atoms with E-state index in [0.717, 1.165) is 17.7 Å². The number of hydrogen-bond acceptors (Lipinski definition) is 8. The summed E-state index contributed by atoms with van der Waals surface area (Å²) in [6.45, 7) is 0. The molecule has 0 atom stereocenters. The predicted octanol–water partition coefficient (Wildman–Crippen LogP) is 7.33. The molecule has 1 saturated carbocycles. The number of benzene rings is 2. The summed E-state index contributed by atoms with van der Waals surface area (Å²) in [7, 11) is 0. The molecule has 2 heterocycles. The zero-order valence-electron chi connectivity index (χ0n) is 19.4. The molecule has 4 aromatic rings. The van der Waals surface area contributed by atoms with Gasteiger partial charge in [-0.2, -0.15) is 4.98 Å². The van der Waals surface area contributed by atoms with E-state index >= 15 is 0 Å². The minimum atomic E-state index is -0.394. The lowest BCUT2D eigenvalue weighted by molar-refractivity contribution is 0.460. The molecule has 1 fully saturated rings. The van der Waals surface area contributed by atoms with Crippen molar-refractivity contribution < 1.29 is 4.39 Å². The second-order valence-corrected chi connectivity index (χ2v) is 9.74. The molecule has 0 bridgehead atoms. The number of aromatic nitrogens is 4. The van der Waals surface area contributed by atoms with Crippen LogP contribution in [0.5, 0.6) is 0 Å². The Morgan fingerprint density at radius 2 is 1.83 bits per heavy atom. The molecule has 1 aliphatic carbocycles. The molecule has 2 aromatic carbocycles. The van der Waals surface area contributed by atoms with Gasteiger partial charge in [-0.15, -0.1) is 0 Å². The first-order valence-corrected chi connectivity index (χ1v) is 13.0. The molecule has 2 aromatic heterocycles. The van der Waals surface area contributed by atoms with Crippen molar-refractivity contribution in [2.75, 3.05) is 15.4 Å². The van der Waals surface area contributed by atoms with Gasteiger partial charge in [0.2, 0.25) is 5.95 Å². The number of anilines is 4. The lowest BCUT2D eigenvalue weighted by Crippen LogP contribution is -2.23. The minimum absolute atomic E-state index is 0.358. The molecule has 7 nitrogen and oxygen atoms in total. The summed E-state index contributed by atoms with van der Waals surface area (Å²) in [4.78, 5) is 18.3. The van der Waals surface area contributed by atoms with E-state index in [4.69, 9.17) is 11.6 Å². The van der Waals surface area contributed by atoms with Crippen molar-refractivity contribution >= 4 is 46.6 Å². The van der Waals surface area contributed by atoms with Gasteiger partial charge >= 0.3 is 0 Å². The maximum absolute atomic E-state index is 14.9. The van der Waals surface area contributed by atoms with Gasteiger partial charge in [0.05, 0.1) is 22.0 Å². The summed E-state index contributed by atoms with van der Waals surface area (Å²) in [5.41, 5.74) is 2.35. The first-order chi connectivity index (χ1) is 17.7. The van der Waals surface area contributed by atoms with Crippen LogP contribution in [0.3, 0.4) is 0 Å². The van der Waals surface area contributed by atoms with Crippen LogP contribution in [-0.4, -0.2) is 26.0 Å². The quantitative estimate of drug-likeness (QED) is 0.208. The van der Waals surface area contributed by atoms with Gasteiger partial charge in [0, 0.05) is 29.0 Å². The summed E-state index contributed by atoms with van der Waals surface area (Å²) < 4.78 is 17.9. The van der Waals surface area contributed by atoms with Gasteiger partial charge in [-0.3, -0.25) is 4.98 Å². The number of rotatable bonds is 8. The Morgan fingerprint density at radius 1 is 0.972 bits per heavy atom. The maximum atomic E-state index is 14.9. The molecule has 0 saturated heterocycles. The van der Waals surface area contributed by atoms with Crippen molar-refractivity contribution in [2.45, 2.75) is 43.0 Å². The maximum Gasteiger partial charge on any atom is 0.226 e. The highest BCUT2D eigenvalue weighted by atomic mass is 35.5. The smallest absolute Gasteiger partial charge is 0.226 e. The van der Waals surface area contributed by atoms with Crippen molar-refractivity contribution in [2.24, 2.45) is 0 Å². The Hall–Kier alpha value is -3.43. The largest absolute Gasteiger partial charge is 0.355 e. The minimum Gasteiger partial charge on any atom is -0.355 e. The highest BCUT2D eigenvalue weighted by Gasteiger charge is 2.16. The number of hydrogen-bond donors (Lipinski definition) is 3. The van der Waals surface area contributed by atoms with E-state index in [1.165, 1.54) is 43.6 Å². The zero-order chi connectivity index (χ0) is 24.7. The second kappa shape index (κ2) is 11.5. The normalized spacial score (nSPS) is 13.8. The number of halogens is 2. The molecule has 0 radical (unpaired) electrons. The van der Waals surface area contributed by atoms with Crippen molar-refractivity contribution in [3.63, 3.8) is 0 Å². The fourth-order valence-corrected chi connectivity index (χ4v) is 5.02. The monoisotopic (exact) mass is 521 g/mol. The van der Waals surface area contributed by atoms with Crippen LogP contribution in [0.1, 0.15) is 32.1 Å². The van der Waals surface area contributed by atoms with Gasteiger partial charge in [0.1, 0.15) is 12.1 Å². The van der Waals surface area contributed by atoms with Crippen molar-refractivity contribution in [1.82, 2.24) is 19.9 Å². The Balaban J connectivity index is 1.30. The second-order valence-electron chi connectivity index (χ2n) is 8.49. The lowest BCUT2D eigenvalue weighted by atomic mass is 9.96. The summed E-state index contributed by atoms with van der Waals surface area (Å²) in [6, 6.07) is 14.5. The van der Waals surface area contributed by atoms with Gasteiger partial charge < -0.3 is 15.4 Å². The van der Waals surface area contributed by atoms with Crippen molar-refractivity contribution in [3.05, 3.63) is 78.1 Å². The van der Waals surface area contributed by atoms with E-state index in [2.05, 4.69) is 35.3 Å². The summed E-state index contributed by atoms with van der Waals surface area (Å²) in [5.74, 6) is 0.655. The van der Waals surface area contributed by atoms with Gasteiger partial charge in [-0.05, 0) is 61.2 Å². The highest BCUT2D eigenvalue weighted by Crippen LogP contribution is 2.32. The summed E-state index contributed by atoms with van der Waals surface area (Å²) in [5, 5.41) is 7.30. The van der Waals surface area contributed by atoms with Crippen LogP contribution in [-0.2, 0) is 0 Å².